The summed E-state index contributed by atoms with van der Waals surface area (Å²) in [6.45, 7) is 8.22. The van der Waals surface area contributed by atoms with Crippen molar-refractivity contribution in [1.29, 1.82) is 0 Å². The summed E-state index contributed by atoms with van der Waals surface area (Å²) in [6.07, 6.45) is 0. The van der Waals surface area contributed by atoms with Crippen LogP contribution in [0.1, 0.15) is 42.1 Å². The number of ketones is 1. The minimum absolute atomic E-state index is 0.0552. The van der Waals surface area contributed by atoms with Gasteiger partial charge in [-0.1, -0.05) is 42.5 Å². The van der Waals surface area contributed by atoms with E-state index < -0.39 is 17.7 Å². The zero-order valence-corrected chi connectivity index (χ0v) is 25.9. The highest BCUT2D eigenvalue weighted by molar-refractivity contribution is 6.51. The number of nitrogens with zero attached hydrogens (tertiary/aromatic N) is 3. The van der Waals surface area contributed by atoms with Crippen LogP contribution in [-0.4, -0.2) is 44.0 Å². The van der Waals surface area contributed by atoms with E-state index in [9.17, 15) is 14.7 Å². The van der Waals surface area contributed by atoms with E-state index in [-0.39, 0.29) is 11.3 Å². The fourth-order valence-electron chi connectivity index (χ4n) is 5.63. The van der Waals surface area contributed by atoms with E-state index in [4.69, 9.17) is 4.74 Å². The number of aliphatic hydroxyl groups excluding tert-OH is 1. The van der Waals surface area contributed by atoms with Crippen molar-refractivity contribution in [3.8, 4) is 5.75 Å². The van der Waals surface area contributed by atoms with Crippen LogP contribution >= 0.6 is 0 Å². The van der Waals surface area contributed by atoms with E-state index in [2.05, 4.69) is 18.7 Å². The van der Waals surface area contributed by atoms with Crippen molar-refractivity contribution in [2.45, 2.75) is 33.4 Å². The summed E-state index contributed by atoms with van der Waals surface area (Å²) < 4.78 is 6.03. The largest absolute Gasteiger partial charge is 0.507 e. The molecule has 1 heterocycles. The Morgan fingerprint density at radius 1 is 0.841 bits per heavy atom. The lowest BCUT2D eigenvalue weighted by Crippen LogP contribution is -2.29. The predicted octanol–water partition coefficient (Wildman–Crippen LogP) is 7.11. The molecule has 1 saturated heterocycles. The Morgan fingerprint density at radius 2 is 1.48 bits per heavy atom. The van der Waals surface area contributed by atoms with Crippen LogP contribution in [0.25, 0.3) is 5.76 Å². The van der Waals surface area contributed by atoms with Crippen molar-refractivity contribution in [3.63, 3.8) is 0 Å². The van der Waals surface area contributed by atoms with Gasteiger partial charge in [-0.05, 0) is 92.1 Å². The number of carbonyl (C=O) groups excluding carboxylic acids is 2. The molecule has 44 heavy (non-hydrogen) atoms. The van der Waals surface area contributed by atoms with E-state index in [1.165, 1.54) is 4.90 Å². The summed E-state index contributed by atoms with van der Waals surface area (Å²) in [5.41, 5.74) is 5.68. The maximum Gasteiger partial charge on any atom is 0.300 e. The molecule has 1 fully saturated rings. The lowest BCUT2D eigenvalue weighted by Gasteiger charge is -2.27. The van der Waals surface area contributed by atoms with Gasteiger partial charge in [0, 0.05) is 49.8 Å². The van der Waals surface area contributed by atoms with Crippen LogP contribution in [0.5, 0.6) is 5.75 Å². The van der Waals surface area contributed by atoms with Gasteiger partial charge in [0.05, 0.1) is 11.6 Å². The van der Waals surface area contributed by atoms with Crippen LogP contribution < -0.4 is 19.4 Å². The summed E-state index contributed by atoms with van der Waals surface area (Å²) in [6, 6.07) is 29.7. The van der Waals surface area contributed by atoms with Crippen molar-refractivity contribution < 1.29 is 19.4 Å². The minimum Gasteiger partial charge on any atom is -0.507 e. The molecule has 7 heteroatoms. The molecule has 1 unspecified atom stereocenters. The van der Waals surface area contributed by atoms with Gasteiger partial charge in [0.25, 0.3) is 11.7 Å². The molecule has 1 atom stereocenters. The molecule has 7 nitrogen and oxygen atoms in total. The minimum atomic E-state index is -0.805. The molecule has 1 N–H and O–H groups in total. The summed E-state index contributed by atoms with van der Waals surface area (Å²) in [4.78, 5) is 33.0. The second-order valence-corrected chi connectivity index (χ2v) is 11.1. The standard InChI is InChI=1S/C37H39N3O4/c1-6-39(7-2)30-16-13-27(14-17-30)34-33(36(42)37(43)40(34)31-20-18-29(19-21-31)38(4)5)35(41)28-15-22-32(25(3)23-28)44-24-26-11-9-8-10-12-26/h8-23,34,41H,6-7,24H2,1-5H3/b35-33-. The topological polar surface area (TPSA) is 73.3 Å². The molecule has 0 aliphatic carbocycles. The fourth-order valence-corrected chi connectivity index (χ4v) is 5.63. The first kappa shape index (κ1) is 30.4. The fraction of sp³-hybridized carbons (Fsp3) is 0.243. The maximum atomic E-state index is 13.7. The molecule has 4 aromatic rings. The number of aliphatic hydroxyl groups is 1. The number of hydrogen-bond donors (Lipinski definition) is 1. The number of aryl methyl sites for hydroxylation is 1. The number of hydrogen-bond acceptors (Lipinski definition) is 6. The lowest BCUT2D eigenvalue weighted by atomic mass is 9.94. The van der Waals surface area contributed by atoms with Crippen molar-refractivity contribution in [2.75, 3.05) is 41.9 Å². The molecule has 0 bridgehead atoms. The van der Waals surface area contributed by atoms with E-state index in [0.29, 0.717) is 23.6 Å². The van der Waals surface area contributed by atoms with Gasteiger partial charge in [-0.15, -0.1) is 0 Å². The number of anilines is 3. The molecule has 0 saturated carbocycles. The van der Waals surface area contributed by atoms with Gasteiger partial charge in [0.2, 0.25) is 0 Å². The van der Waals surface area contributed by atoms with E-state index in [0.717, 1.165) is 41.2 Å². The third-order valence-electron chi connectivity index (χ3n) is 8.11. The molecule has 226 valence electrons. The van der Waals surface area contributed by atoms with Crippen LogP contribution in [0.2, 0.25) is 0 Å². The number of amides is 1. The van der Waals surface area contributed by atoms with Gasteiger partial charge in [-0.3, -0.25) is 14.5 Å². The van der Waals surface area contributed by atoms with Crippen LogP contribution in [0.3, 0.4) is 0 Å². The predicted molar refractivity (Wildman–Crippen MR) is 178 cm³/mol. The van der Waals surface area contributed by atoms with Gasteiger partial charge in [-0.2, -0.15) is 0 Å². The van der Waals surface area contributed by atoms with Crippen molar-refractivity contribution in [1.82, 2.24) is 0 Å². The van der Waals surface area contributed by atoms with Gasteiger partial charge in [0.15, 0.2) is 0 Å². The Morgan fingerprint density at radius 3 is 2.07 bits per heavy atom. The normalized spacial score (nSPS) is 15.8. The zero-order chi connectivity index (χ0) is 31.4. The summed E-state index contributed by atoms with van der Waals surface area (Å²) >= 11 is 0. The van der Waals surface area contributed by atoms with Gasteiger partial charge >= 0.3 is 0 Å². The average Bonchev–Trinajstić information content (AvgIpc) is 3.31. The molecule has 0 spiro atoms. The van der Waals surface area contributed by atoms with E-state index >= 15 is 0 Å². The van der Waals surface area contributed by atoms with E-state index in [1.807, 2.05) is 105 Å². The number of carbonyl (C=O) groups is 2. The number of benzene rings is 4. The van der Waals surface area contributed by atoms with Gasteiger partial charge in [0.1, 0.15) is 18.1 Å². The highest BCUT2D eigenvalue weighted by Crippen LogP contribution is 2.43. The third-order valence-corrected chi connectivity index (χ3v) is 8.11. The zero-order valence-electron chi connectivity index (χ0n) is 25.9. The first-order chi connectivity index (χ1) is 21.2. The van der Waals surface area contributed by atoms with Crippen LogP contribution in [0, 0.1) is 6.92 Å². The molecular formula is C37H39N3O4. The Labute approximate surface area is 259 Å². The second-order valence-electron chi connectivity index (χ2n) is 11.1. The molecule has 0 radical (unpaired) electrons. The smallest absolute Gasteiger partial charge is 0.300 e. The second kappa shape index (κ2) is 13.1. The first-order valence-corrected chi connectivity index (χ1v) is 14.9. The van der Waals surface area contributed by atoms with E-state index in [1.54, 1.807) is 18.2 Å². The van der Waals surface area contributed by atoms with Crippen molar-refractivity contribution in [3.05, 3.63) is 125 Å². The summed E-state index contributed by atoms with van der Waals surface area (Å²) in [5, 5.41) is 11.7. The molecule has 1 aliphatic rings. The highest BCUT2D eigenvalue weighted by atomic mass is 16.5. The molecule has 1 aliphatic heterocycles. The highest BCUT2D eigenvalue weighted by Gasteiger charge is 2.47. The van der Waals surface area contributed by atoms with Crippen LogP contribution in [0.4, 0.5) is 17.1 Å². The SMILES string of the molecule is CCN(CC)c1ccc(C2/C(=C(/O)c3ccc(OCc4ccccc4)c(C)c3)C(=O)C(=O)N2c2ccc(N(C)C)cc2)cc1. The Kier molecular flexibility index (Phi) is 9.04. The van der Waals surface area contributed by atoms with Crippen LogP contribution in [0.15, 0.2) is 103 Å². The number of ether oxygens (including phenoxy) is 1. The molecular weight excluding hydrogens is 550 g/mol. The first-order valence-electron chi connectivity index (χ1n) is 14.9. The lowest BCUT2D eigenvalue weighted by molar-refractivity contribution is -0.132. The van der Waals surface area contributed by atoms with Gasteiger partial charge < -0.3 is 19.6 Å². The number of Topliss-reactive ketones (excluding diaryl/α,β-unsaturated/α-hetero) is 1. The molecule has 5 rings (SSSR count). The molecule has 0 aromatic heterocycles. The molecule has 1 amide bonds. The summed E-state index contributed by atoms with van der Waals surface area (Å²) in [5.74, 6) is -0.942. The molecule has 4 aromatic carbocycles. The quantitative estimate of drug-likeness (QED) is 0.121. The Balaban J connectivity index is 1.56. The third kappa shape index (κ3) is 6.04. The van der Waals surface area contributed by atoms with Crippen molar-refractivity contribution in [2.24, 2.45) is 0 Å². The van der Waals surface area contributed by atoms with Crippen molar-refractivity contribution >= 4 is 34.5 Å². The van der Waals surface area contributed by atoms with Crippen LogP contribution in [-0.2, 0) is 16.2 Å². The summed E-state index contributed by atoms with van der Waals surface area (Å²) in [7, 11) is 3.89. The van der Waals surface area contributed by atoms with Gasteiger partial charge in [-0.25, -0.2) is 0 Å². The Hall–Kier alpha value is -5.04. The number of rotatable bonds is 10. The average molecular weight is 590 g/mol. The monoisotopic (exact) mass is 589 g/mol. The maximum absolute atomic E-state index is 13.7. The Bertz CT molecular complexity index is 1660.